The van der Waals surface area contributed by atoms with E-state index in [1.165, 1.54) is 75.2 Å². The predicted octanol–water partition coefficient (Wildman–Crippen LogP) is 6.96. The van der Waals surface area contributed by atoms with Gasteiger partial charge in [-0.3, -0.25) is 0 Å². The van der Waals surface area contributed by atoms with Gasteiger partial charge in [0.25, 0.3) is 0 Å². The summed E-state index contributed by atoms with van der Waals surface area (Å²) in [6.45, 7) is 0.935. The molecule has 1 heterocycles. The monoisotopic (exact) mass is 393 g/mol. The molecule has 1 saturated heterocycles. The van der Waals surface area contributed by atoms with Crippen LogP contribution in [-0.2, 0) is 4.74 Å². The van der Waals surface area contributed by atoms with E-state index in [0.717, 1.165) is 36.8 Å². The highest BCUT2D eigenvalue weighted by atomic mass is 28.3. The smallest absolute Gasteiger partial charge is 0.159 e. The van der Waals surface area contributed by atoms with Crippen LogP contribution in [0.2, 0.25) is 18.1 Å². The molecule has 1 aromatic carbocycles. The topological polar surface area (TPSA) is 9.23 Å². The van der Waals surface area contributed by atoms with E-state index < -0.39 is 11.6 Å². The molecule has 0 spiro atoms. The van der Waals surface area contributed by atoms with E-state index in [0.29, 0.717) is 5.92 Å². The lowest BCUT2D eigenvalue weighted by Gasteiger charge is -2.32. The van der Waals surface area contributed by atoms with E-state index in [9.17, 15) is 8.78 Å². The van der Waals surface area contributed by atoms with Gasteiger partial charge >= 0.3 is 0 Å². The van der Waals surface area contributed by atoms with Crippen molar-refractivity contribution in [1.29, 1.82) is 0 Å². The standard InChI is InChI=1S/C23H35F2OSi/c1-26-13-2-14-27-15-11-19(12-16-27)4-3-18-5-7-20(8-6-18)21-9-10-22(24)23(25)17-21/h9-10,17-20H,2-8,11-16H2,1H3. The lowest BCUT2D eigenvalue weighted by atomic mass is 9.76. The summed E-state index contributed by atoms with van der Waals surface area (Å²) in [6, 6.07) is 8.94. The molecule has 1 radical (unpaired) electrons. The van der Waals surface area contributed by atoms with E-state index in [4.69, 9.17) is 4.74 Å². The second kappa shape index (κ2) is 10.7. The minimum absolute atomic E-state index is 0.0766. The van der Waals surface area contributed by atoms with Crippen LogP contribution in [0, 0.1) is 23.5 Å². The predicted molar refractivity (Wildman–Crippen MR) is 110 cm³/mol. The average Bonchev–Trinajstić information content (AvgIpc) is 2.70. The molecule has 0 aromatic heterocycles. The van der Waals surface area contributed by atoms with E-state index in [1.807, 2.05) is 0 Å². The van der Waals surface area contributed by atoms with Gasteiger partial charge in [-0.2, -0.15) is 0 Å². The van der Waals surface area contributed by atoms with Gasteiger partial charge in [0.15, 0.2) is 11.6 Å². The normalized spacial score (nSPS) is 25.0. The summed E-state index contributed by atoms with van der Waals surface area (Å²) in [5, 5.41) is 0. The summed E-state index contributed by atoms with van der Waals surface area (Å²) in [6.07, 6.45) is 11.7. The summed E-state index contributed by atoms with van der Waals surface area (Å²) in [7, 11) is 1.73. The second-order valence-corrected chi connectivity index (χ2v) is 11.8. The van der Waals surface area contributed by atoms with E-state index in [2.05, 4.69) is 0 Å². The number of rotatable bonds is 8. The van der Waals surface area contributed by atoms with Gasteiger partial charge in [-0.25, -0.2) is 8.78 Å². The fourth-order valence-electron chi connectivity index (χ4n) is 5.11. The van der Waals surface area contributed by atoms with Crippen molar-refractivity contribution in [3.63, 3.8) is 0 Å². The summed E-state index contributed by atoms with van der Waals surface area (Å²) in [4.78, 5) is 0. The minimum atomic E-state index is -0.733. The molecule has 0 unspecified atom stereocenters. The molecule has 0 atom stereocenters. The van der Waals surface area contributed by atoms with Crippen LogP contribution in [0.3, 0.4) is 0 Å². The summed E-state index contributed by atoms with van der Waals surface area (Å²) in [5.41, 5.74) is 0.989. The molecule has 0 N–H and O–H groups in total. The molecule has 1 nitrogen and oxygen atoms in total. The Balaban J connectivity index is 1.32. The van der Waals surface area contributed by atoms with Gasteiger partial charge in [-0.1, -0.05) is 49.9 Å². The minimum Gasteiger partial charge on any atom is -0.385 e. The van der Waals surface area contributed by atoms with Crippen molar-refractivity contribution >= 4 is 8.80 Å². The van der Waals surface area contributed by atoms with Gasteiger partial charge in [0.05, 0.1) is 0 Å². The Morgan fingerprint density at radius 1 is 0.926 bits per heavy atom. The first kappa shape index (κ1) is 21.0. The third-order valence-electron chi connectivity index (χ3n) is 6.94. The Labute approximate surface area is 165 Å². The van der Waals surface area contributed by atoms with Gasteiger partial charge in [-0.15, -0.1) is 0 Å². The van der Waals surface area contributed by atoms with Crippen molar-refractivity contribution in [3.05, 3.63) is 35.4 Å². The quantitative estimate of drug-likeness (QED) is 0.342. The lowest BCUT2D eigenvalue weighted by molar-refractivity contribution is 0.199. The van der Waals surface area contributed by atoms with Crippen LogP contribution < -0.4 is 0 Å². The SMILES string of the molecule is COCCC[Si]1CCC(CCC2CCC(c3ccc(F)c(F)c3)CC2)CC1. The maximum atomic E-state index is 13.5. The molecule has 0 amide bonds. The Bertz CT molecular complexity index is 563. The third-order valence-corrected chi connectivity index (χ3v) is 9.99. The first-order valence-electron chi connectivity index (χ1n) is 10.9. The summed E-state index contributed by atoms with van der Waals surface area (Å²) < 4.78 is 31.8. The van der Waals surface area contributed by atoms with Crippen molar-refractivity contribution in [2.45, 2.75) is 81.8 Å². The van der Waals surface area contributed by atoms with Gasteiger partial charge in [0.2, 0.25) is 0 Å². The number of benzene rings is 1. The highest BCUT2D eigenvalue weighted by molar-refractivity contribution is 6.58. The molecule has 1 aliphatic carbocycles. The molecule has 2 fully saturated rings. The summed E-state index contributed by atoms with van der Waals surface area (Å²) >= 11 is 0. The fraction of sp³-hybridized carbons (Fsp3) is 0.739. The Kier molecular flexibility index (Phi) is 8.32. The van der Waals surface area contributed by atoms with E-state index >= 15 is 0 Å². The Morgan fingerprint density at radius 2 is 1.59 bits per heavy atom. The number of halogens is 2. The summed E-state index contributed by atoms with van der Waals surface area (Å²) in [5.74, 6) is 0.798. The van der Waals surface area contributed by atoms with Crippen LogP contribution in [0.5, 0.6) is 0 Å². The van der Waals surface area contributed by atoms with Crippen molar-refractivity contribution in [3.8, 4) is 0 Å². The molecule has 1 aromatic rings. The fourth-order valence-corrected chi connectivity index (χ4v) is 8.14. The Hall–Kier alpha value is -0.743. The molecule has 0 bridgehead atoms. The van der Waals surface area contributed by atoms with Crippen LogP contribution in [0.25, 0.3) is 0 Å². The van der Waals surface area contributed by atoms with Gasteiger partial charge in [0.1, 0.15) is 0 Å². The molecule has 151 valence electrons. The van der Waals surface area contributed by atoms with Crippen molar-refractivity contribution in [1.82, 2.24) is 0 Å². The van der Waals surface area contributed by atoms with Crippen LogP contribution in [0.4, 0.5) is 8.78 Å². The first-order chi connectivity index (χ1) is 13.2. The van der Waals surface area contributed by atoms with Crippen molar-refractivity contribution < 1.29 is 13.5 Å². The largest absolute Gasteiger partial charge is 0.385 e. The van der Waals surface area contributed by atoms with Crippen molar-refractivity contribution in [2.24, 2.45) is 11.8 Å². The molecular formula is C23H35F2OSi. The highest BCUT2D eigenvalue weighted by Crippen LogP contribution is 2.39. The van der Waals surface area contributed by atoms with Crippen LogP contribution in [0.15, 0.2) is 18.2 Å². The maximum absolute atomic E-state index is 13.5. The lowest BCUT2D eigenvalue weighted by Crippen LogP contribution is -2.22. The molecule has 2 aliphatic rings. The van der Waals surface area contributed by atoms with Gasteiger partial charge in [0, 0.05) is 22.5 Å². The molecule has 27 heavy (non-hydrogen) atoms. The van der Waals surface area contributed by atoms with Gasteiger partial charge < -0.3 is 4.74 Å². The molecule has 4 heteroatoms. The van der Waals surface area contributed by atoms with Gasteiger partial charge in [-0.05, 0) is 67.6 Å². The van der Waals surface area contributed by atoms with Crippen LogP contribution in [-0.4, -0.2) is 22.5 Å². The van der Waals surface area contributed by atoms with E-state index in [1.54, 1.807) is 13.2 Å². The van der Waals surface area contributed by atoms with E-state index in [-0.39, 0.29) is 8.80 Å². The number of methoxy groups -OCH3 is 1. The van der Waals surface area contributed by atoms with Crippen molar-refractivity contribution in [2.75, 3.05) is 13.7 Å². The van der Waals surface area contributed by atoms with Crippen LogP contribution in [0.1, 0.15) is 69.3 Å². The third kappa shape index (κ3) is 6.38. The zero-order valence-corrected chi connectivity index (χ0v) is 17.8. The molecule has 3 rings (SSSR count). The zero-order chi connectivity index (χ0) is 19.1. The average molecular weight is 394 g/mol. The number of ether oxygens (including phenoxy) is 1. The zero-order valence-electron chi connectivity index (χ0n) is 16.8. The highest BCUT2D eigenvalue weighted by Gasteiger charge is 2.26. The first-order valence-corrected chi connectivity index (χ1v) is 13.0. The Morgan fingerprint density at radius 3 is 2.22 bits per heavy atom. The molecular weight excluding hydrogens is 358 g/mol. The van der Waals surface area contributed by atoms with Crippen LogP contribution >= 0.6 is 0 Å². The molecule has 1 aliphatic heterocycles. The maximum Gasteiger partial charge on any atom is 0.159 e. The second-order valence-electron chi connectivity index (χ2n) is 8.76. The molecule has 1 saturated carbocycles. The number of hydrogen-bond acceptors (Lipinski definition) is 1. The number of hydrogen-bond donors (Lipinski definition) is 0.